The number of ether oxygens (including phenoxy) is 1. The highest BCUT2D eigenvalue weighted by atomic mass is 79.9. The summed E-state index contributed by atoms with van der Waals surface area (Å²) in [6.07, 6.45) is 0. The highest BCUT2D eigenvalue weighted by Crippen LogP contribution is 2.22. The fourth-order valence-corrected chi connectivity index (χ4v) is 2.20. The van der Waals surface area contributed by atoms with Gasteiger partial charge in [0.05, 0.1) is 7.11 Å². The number of nitrogen functional groups attached to an aromatic ring is 1. The molecular formula is C14H12BrFN2O2. The number of anilines is 2. The number of methoxy groups -OCH3 is 1. The Morgan fingerprint density at radius 3 is 2.65 bits per heavy atom. The third-order valence-corrected chi connectivity index (χ3v) is 3.05. The van der Waals surface area contributed by atoms with Crippen molar-refractivity contribution in [2.45, 2.75) is 0 Å². The number of rotatable bonds is 3. The van der Waals surface area contributed by atoms with Gasteiger partial charge in [-0.1, -0.05) is 15.9 Å². The number of hydrogen-bond donors (Lipinski definition) is 2. The van der Waals surface area contributed by atoms with Gasteiger partial charge in [-0.15, -0.1) is 0 Å². The molecule has 4 nitrogen and oxygen atoms in total. The summed E-state index contributed by atoms with van der Waals surface area (Å²) in [5.74, 6) is -0.795. The molecule has 2 aromatic carbocycles. The fraction of sp³-hybridized carbons (Fsp3) is 0.0714. The van der Waals surface area contributed by atoms with Crippen LogP contribution in [0.4, 0.5) is 15.8 Å². The third-order valence-electron chi connectivity index (χ3n) is 2.59. The van der Waals surface area contributed by atoms with Crippen LogP contribution in [0.1, 0.15) is 10.4 Å². The van der Waals surface area contributed by atoms with Gasteiger partial charge in [0.15, 0.2) is 11.6 Å². The second kappa shape index (κ2) is 5.92. The van der Waals surface area contributed by atoms with Gasteiger partial charge in [-0.05, 0) is 30.3 Å². The Morgan fingerprint density at radius 2 is 2.05 bits per heavy atom. The SMILES string of the molecule is COc1ccc(NC(=O)c2cc(N)cc(Br)c2)cc1F. The molecule has 3 N–H and O–H groups in total. The van der Waals surface area contributed by atoms with Crippen molar-refractivity contribution < 1.29 is 13.9 Å². The molecule has 0 aromatic heterocycles. The lowest BCUT2D eigenvalue weighted by Crippen LogP contribution is -2.12. The summed E-state index contributed by atoms with van der Waals surface area (Å²) >= 11 is 3.26. The quantitative estimate of drug-likeness (QED) is 0.842. The fourth-order valence-electron chi connectivity index (χ4n) is 1.69. The molecule has 0 fully saturated rings. The van der Waals surface area contributed by atoms with Crippen molar-refractivity contribution >= 4 is 33.2 Å². The predicted octanol–water partition coefficient (Wildman–Crippen LogP) is 3.43. The molecule has 0 aliphatic heterocycles. The maximum atomic E-state index is 13.5. The average molecular weight is 339 g/mol. The van der Waals surface area contributed by atoms with Crippen LogP contribution in [0, 0.1) is 5.82 Å². The number of amides is 1. The van der Waals surface area contributed by atoms with E-state index in [1.165, 1.54) is 19.2 Å². The van der Waals surface area contributed by atoms with Crippen LogP contribution in [0.15, 0.2) is 40.9 Å². The molecule has 0 aliphatic carbocycles. The number of nitrogens with two attached hydrogens (primary N) is 1. The lowest BCUT2D eigenvalue weighted by atomic mass is 10.2. The van der Waals surface area contributed by atoms with E-state index >= 15 is 0 Å². The van der Waals surface area contributed by atoms with Crippen LogP contribution in [0.5, 0.6) is 5.75 Å². The van der Waals surface area contributed by atoms with Crippen LogP contribution in [0.25, 0.3) is 0 Å². The average Bonchev–Trinajstić information content (AvgIpc) is 2.37. The summed E-state index contributed by atoms with van der Waals surface area (Å²) < 4.78 is 19.0. The van der Waals surface area contributed by atoms with Crippen LogP contribution in [0.3, 0.4) is 0 Å². The highest BCUT2D eigenvalue weighted by Gasteiger charge is 2.10. The maximum absolute atomic E-state index is 13.5. The highest BCUT2D eigenvalue weighted by molar-refractivity contribution is 9.10. The third kappa shape index (κ3) is 3.27. The van der Waals surface area contributed by atoms with E-state index in [4.69, 9.17) is 10.5 Å². The number of carbonyl (C=O) groups is 1. The van der Waals surface area contributed by atoms with Crippen molar-refractivity contribution in [3.05, 3.63) is 52.3 Å². The molecule has 0 aliphatic rings. The summed E-state index contributed by atoms with van der Waals surface area (Å²) in [5, 5.41) is 2.59. The van der Waals surface area contributed by atoms with Crippen LogP contribution in [-0.4, -0.2) is 13.0 Å². The van der Waals surface area contributed by atoms with Crippen molar-refractivity contribution in [3.63, 3.8) is 0 Å². The molecule has 6 heteroatoms. The Kier molecular flexibility index (Phi) is 4.24. The van der Waals surface area contributed by atoms with Gasteiger partial charge >= 0.3 is 0 Å². The van der Waals surface area contributed by atoms with Crippen molar-refractivity contribution in [3.8, 4) is 5.75 Å². The summed E-state index contributed by atoms with van der Waals surface area (Å²) in [4.78, 5) is 12.0. The van der Waals surface area contributed by atoms with E-state index in [1.807, 2.05) is 0 Å². The minimum absolute atomic E-state index is 0.120. The molecule has 104 valence electrons. The lowest BCUT2D eigenvalue weighted by molar-refractivity contribution is 0.102. The second-order valence-electron chi connectivity index (χ2n) is 4.08. The van der Waals surface area contributed by atoms with Crippen molar-refractivity contribution in [1.29, 1.82) is 0 Å². The van der Waals surface area contributed by atoms with E-state index in [0.717, 1.165) is 0 Å². The molecule has 0 unspecified atom stereocenters. The molecule has 2 aromatic rings. The summed E-state index contributed by atoms with van der Waals surface area (Å²) in [6.45, 7) is 0. The van der Waals surface area contributed by atoms with Gasteiger partial charge in [0.1, 0.15) is 0 Å². The largest absolute Gasteiger partial charge is 0.494 e. The van der Waals surface area contributed by atoms with Gasteiger partial charge in [-0.2, -0.15) is 0 Å². The van der Waals surface area contributed by atoms with Crippen LogP contribution in [-0.2, 0) is 0 Å². The van der Waals surface area contributed by atoms with Crippen LogP contribution < -0.4 is 15.8 Å². The normalized spacial score (nSPS) is 10.2. The van der Waals surface area contributed by atoms with Gasteiger partial charge in [0.2, 0.25) is 0 Å². The van der Waals surface area contributed by atoms with Crippen LogP contribution in [0.2, 0.25) is 0 Å². The number of benzene rings is 2. The van der Waals surface area contributed by atoms with E-state index in [2.05, 4.69) is 21.2 Å². The first-order valence-electron chi connectivity index (χ1n) is 5.70. The first-order valence-corrected chi connectivity index (χ1v) is 6.50. The Labute approximate surface area is 123 Å². The first kappa shape index (κ1) is 14.3. The lowest BCUT2D eigenvalue weighted by Gasteiger charge is -2.08. The summed E-state index contributed by atoms with van der Waals surface area (Å²) in [6, 6.07) is 9.05. The molecule has 0 radical (unpaired) electrons. The van der Waals surface area contributed by atoms with Gasteiger partial charge in [0, 0.05) is 27.5 Å². The van der Waals surface area contributed by atoms with E-state index in [1.54, 1.807) is 24.3 Å². The van der Waals surface area contributed by atoms with Gasteiger partial charge in [0.25, 0.3) is 5.91 Å². The Bertz CT molecular complexity index is 641. The molecule has 1 amide bonds. The molecule has 20 heavy (non-hydrogen) atoms. The smallest absolute Gasteiger partial charge is 0.255 e. The second-order valence-corrected chi connectivity index (χ2v) is 4.99. The van der Waals surface area contributed by atoms with Gasteiger partial charge in [-0.3, -0.25) is 4.79 Å². The molecule has 0 saturated heterocycles. The molecule has 0 spiro atoms. The number of halogens is 2. The molecule has 0 saturated carbocycles. The molecule has 0 bridgehead atoms. The Hall–Kier alpha value is -2.08. The minimum Gasteiger partial charge on any atom is -0.494 e. The molecule has 2 rings (SSSR count). The van der Waals surface area contributed by atoms with E-state index < -0.39 is 5.82 Å². The van der Waals surface area contributed by atoms with Gasteiger partial charge in [-0.25, -0.2) is 4.39 Å². The zero-order chi connectivity index (χ0) is 14.7. The first-order chi connectivity index (χ1) is 9.49. The monoisotopic (exact) mass is 338 g/mol. The van der Waals surface area contributed by atoms with Crippen LogP contribution >= 0.6 is 15.9 Å². The predicted molar refractivity (Wildman–Crippen MR) is 79.5 cm³/mol. The zero-order valence-corrected chi connectivity index (χ0v) is 12.2. The topological polar surface area (TPSA) is 64.3 Å². The van der Waals surface area contributed by atoms with Crippen molar-refractivity contribution in [2.75, 3.05) is 18.2 Å². The number of hydrogen-bond acceptors (Lipinski definition) is 3. The van der Waals surface area contributed by atoms with Crippen molar-refractivity contribution in [1.82, 2.24) is 0 Å². The number of carbonyl (C=O) groups excluding carboxylic acids is 1. The van der Waals surface area contributed by atoms with E-state index in [-0.39, 0.29) is 11.7 Å². The minimum atomic E-state index is -0.543. The zero-order valence-electron chi connectivity index (χ0n) is 10.6. The maximum Gasteiger partial charge on any atom is 0.255 e. The van der Waals surface area contributed by atoms with E-state index in [9.17, 15) is 9.18 Å². The Balaban J connectivity index is 2.21. The van der Waals surface area contributed by atoms with Crippen molar-refractivity contribution in [2.24, 2.45) is 0 Å². The van der Waals surface area contributed by atoms with E-state index in [0.29, 0.717) is 21.4 Å². The Morgan fingerprint density at radius 1 is 1.30 bits per heavy atom. The summed E-state index contributed by atoms with van der Waals surface area (Å²) in [5.41, 5.74) is 6.85. The molecule has 0 atom stereocenters. The molecule has 0 heterocycles. The number of nitrogens with one attached hydrogen (secondary N) is 1. The summed E-state index contributed by atoms with van der Waals surface area (Å²) in [7, 11) is 1.38. The standard InChI is InChI=1S/C14H12BrFN2O2/c1-20-13-3-2-11(7-12(13)16)18-14(19)8-4-9(15)6-10(17)5-8/h2-7H,17H2,1H3,(H,18,19). The van der Waals surface area contributed by atoms with Gasteiger partial charge < -0.3 is 15.8 Å². The molecular weight excluding hydrogens is 327 g/mol.